The minimum Gasteiger partial charge on any atom is -0.497 e. The molecule has 2 aromatic heterocycles. The molecular weight excluding hydrogens is 384 g/mol. The van der Waals surface area contributed by atoms with E-state index in [9.17, 15) is 4.79 Å². The van der Waals surface area contributed by atoms with E-state index >= 15 is 0 Å². The Kier molecular flexibility index (Phi) is 3.88. The normalized spacial score (nSPS) is 13.9. The fourth-order valence-corrected chi connectivity index (χ4v) is 3.45. The smallest absolute Gasteiger partial charge is 0.292 e. The molecule has 0 bridgehead atoms. The summed E-state index contributed by atoms with van der Waals surface area (Å²) in [4.78, 5) is 13.0. The van der Waals surface area contributed by atoms with Crippen molar-refractivity contribution < 1.29 is 9.53 Å². The van der Waals surface area contributed by atoms with Crippen LogP contribution in [0.3, 0.4) is 0 Å². The largest absolute Gasteiger partial charge is 0.497 e. The van der Waals surface area contributed by atoms with Gasteiger partial charge in [0, 0.05) is 30.3 Å². The van der Waals surface area contributed by atoms with Crippen LogP contribution in [0.4, 0.5) is 5.69 Å². The number of rotatable bonds is 2. The molecule has 0 aliphatic carbocycles. The predicted octanol–water partition coefficient (Wildman–Crippen LogP) is 3.16. The van der Waals surface area contributed by atoms with Crippen LogP contribution >= 0.6 is 15.9 Å². The van der Waals surface area contributed by atoms with Crippen molar-refractivity contribution in [3.05, 3.63) is 58.3 Å². The number of halogens is 1. The highest BCUT2D eigenvalue weighted by atomic mass is 79.9. The van der Waals surface area contributed by atoms with E-state index in [1.165, 1.54) is 5.56 Å². The molecule has 0 fully saturated rings. The van der Waals surface area contributed by atoms with Crippen LogP contribution in [0.1, 0.15) is 16.1 Å². The Morgan fingerprint density at radius 1 is 1.24 bits per heavy atom. The molecule has 1 amide bonds. The Balaban J connectivity index is 1.67. The monoisotopic (exact) mass is 400 g/mol. The summed E-state index contributed by atoms with van der Waals surface area (Å²) in [6.45, 7) is 0.617. The molecule has 128 valence electrons. The predicted molar refractivity (Wildman–Crippen MR) is 99.0 cm³/mol. The third-order valence-corrected chi connectivity index (χ3v) is 4.94. The third-order valence-electron chi connectivity index (χ3n) is 4.47. The number of hydrogen-bond donors (Lipinski definition) is 0. The molecule has 3 heterocycles. The van der Waals surface area contributed by atoms with Crippen molar-refractivity contribution in [1.82, 2.24) is 14.6 Å². The molecule has 6 nitrogen and oxygen atoms in total. The minimum absolute atomic E-state index is 0.115. The van der Waals surface area contributed by atoms with E-state index in [0.717, 1.165) is 27.8 Å². The highest BCUT2D eigenvalue weighted by Gasteiger charge is 2.28. The fraction of sp³-hybridized carbons (Fsp3) is 0.222. The molecule has 1 aliphatic rings. The van der Waals surface area contributed by atoms with Crippen molar-refractivity contribution in [1.29, 1.82) is 0 Å². The molecular formula is C18H17BrN4O2. The van der Waals surface area contributed by atoms with E-state index in [1.54, 1.807) is 16.6 Å². The van der Waals surface area contributed by atoms with Crippen LogP contribution < -0.4 is 9.75 Å². The first kappa shape index (κ1) is 16.0. The molecule has 0 unspecified atom stereocenters. The average Bonchev–Trinajstić information content (AvgIpc) is 3.04. The van der Waals surface area contributed by atoms with E-state index < -0.39 is 0 Å². The number of fused-ring (bicyclic) bond motifs is 2. The summed E-state index contributed by atoms with van der Waals surface area (Å²) in [5.74, 6) is 0.660. The lowest BCUT2D eigenvalue weighted by Gasteiger charge is -2.38. The first-order chi connectivity index (χ1) is 12.1. The number of carbonyl (C=O) groups is 1. The van der Waals surface area contributed by atoms with Crippen molar-refractivity contribution in [2.45, 2.75) is 6.42 Å². The Hall–Kier alpha value is -2.54. The van der Waals surface area contributed by atoms with Gasteiger partial charge in [0.05, 0.1) is 18.3 Å². The van der Waals surface area contributed by atoms with E-state index in [4.69, 9.17) is 4.74 Å². The highest BCUT2D eigenvalue weighted by molar-refractivity contribution is 9.10. The Morgan fingerprint density at radius 2 is 2.08 bits per heavy atom. The van der Waals surface area contributed by atoms with Gasteiger partial charge in [-0.05, 0) is 52.2 Å². The molecule has 25 heavy (non-hydrogen) atoms. The molecule has 0 spiro atoms. The van der Waals surface area contributed by atoms with Crippen LogP contribution in [-0.4, -0.2) is 41.2 Å². The number of nitrogens with zero attached hydrogens (tertiary/aromatic N) is 4. The maximum Gasteiger partial charge on any atom is 0.292 e. The quantitative estimate of drug-likeness (QED) is 0.662. The van der Waals surface area contributed by atoms with Crippen LogP contribution in [0.2, 0.25) is 0 Å². The van der Waals surface area contributed by atoms with E-state index in [-0.39, 0.29) is 5.91 Å². The molecule has 0 saturated heterocycles. The van der Waals surface area contributed by atoms with E-state index in [1.807, 2.05) is 48.6 Å². The fourth-order valence-electron chi connectivity index (χ4n) is 3.13. The zero-order chi connectivity index (χ0) is 17.6. The summed E-state index contributed by atoms with van der Waals surface area (Å²) >= 11 is 3.42. The van der Waals surface area contributed by atoms with Crippen LogP contribution in [-0.2, 0) is 6.42 Å². The van der Waals surface area contributed by atoms with Gasteiger partial charge in [0.1, 0.15) is 5.75 Å². The Morgan fingerprint density at radius 3 is 2.88 bits per heavy atom. The molecule has 0 atom stereocenters. The van der Waals surface area contributed by atoms with Gasteiger partial charge in [-0.2, -0.15) is 5.10 Å². The Bertz CT molecular complexity index is 969. The van der Waals surface area contributed by atoms with Crippen molar-refractivity contribution in [2.75, 3.05) is 25.7 Å². The number of ether oxygens (including phenoxy) is 1. The summed E-state index contributed by atoms with van der Waals surface area (Å²) < 4.78 is 7.93. The number of hydrogen-bond acceptors (Lipinski definition) is 4. The summed E-state index contributed by atoms with van der Waals surface area (Å²) in [7, 11) is 3.53. The summed E-state index contributed by atoms with van der Waals surface area (Å²) in [6, 6.07) is 11.6. The van der Waals surface area contributed by atoms with Gasteiger partial charge in [0.25, 0.3) is 5.91 Å². The molecule has 3 aromatic rings. The van der Waals surface area contributed by atoms with Crippen LogP contribution in [0, 0.1) is 0 Å². The second-order valence-electron chi connectivity index (χ2n) is 5.94. The second kappa shape index (κ2) is 6.07. The number of carbonyl (C=O) groups excluding carboxylic acids is 1. The molecule has 0 saturated carbocycles. The number of methoxy groups -OCH3 is 1. The Labute approximate surface area is 153 Å². The summed E-state index contributed by atoms with van der Waals surface area (Å²) in [5.41, 5.74) is 3.49. The SMILES string of the molecule is COc1ccc2c(c1)N(C)N(C(=O)c1cc3ccc(Br)cn3n1)CC2. The van der Waals surface area contributed by atoms with Crippen molar-refractivity contribution in [2.24, 2.45) is 0 Å². The lowest BCUT2D eigenvalue weighted by Crippen LogP contribution is -2.48. The number of pyridine rings is 1. The van der Waals surface area contributed by atoms with Gasteiger partial charge in [0.15, 0.2) is 5.69 Å². The molecule has 1 aliphatic heterocycles. The third kappa shape index (κ3) is 2.74. The number of benzene rings is 1. The first-order valence-corrected chi connectivity index (χ1v) is 8.73. The molecule has 7 heteroatoms. The molecule has 0 N–H and O–H groups in total. The zero-order valence-electron chi connectivity index (χ0n) is 13.9. The molecule has 4 rings (SSSR count). The van der Waals surface area contributed by atoms with Gasteiger partial charge in [-0.1, -0.05) is 6.07 Å². The van der Waals surface area contributed by atoms with Crippen molar-refractivity contribution in [3.63, 3.8) is 0 Å². The number of amides is 1. The van der Waals surface area contributed by atoms with Crippen LogP contribution in [0.5, 0.6) is 5.75 Å². The average molecular weight is 401 g/mol. The second-order valence-corrected chi connectivity index (χ2v) is 6.86. The first-order valence-electron chi connectivity index (χ1n) is 7.94. The number of anilines is 1. The van der Waals surface area contributed by atoms with Gasteiger partial charge in [-0.3, -0.25) is 9.80 Å². The van der Waals surface area contributed by atoms with E-state index in [2.05, 4.69) is 27.1 Å². The number of hydrazine groups is 1. The van der Waals surface area contributed by atoms with Gasteiger partial charge >= 0.3 is 0 Å². The van der Waals surface area contributed by atoms with E-state index in [0.29, 0.717) is 12.2 Å². The van der Waals surface area contributed by atoms with Crippen molar-refractivity contribution in [3.8, 4) is 5.75 Å². The van der Waals surface area contributed by atoms with Gasteiger partial charge in [0.2, 0.25) is 0 Å². The zero-order valence-corrected chi connectivity index (χ0v) is 15.5. The minimum atomic E-state index is -0.115. The van der Waals surface area contributed by atoms with Crippen LogP contribution in [0.15, 0.2) is 47.1 Å². The van der Waals surface area contributed by atoms with Gasteiger partial charge < -0.3 is 4.74 Å². The van der Waals surface area contributed by atoms with Gasteiger partial charge in [-0.25, -0.2) is 9.52 Å². The van der Waals surface area contributed by atoms with Crippen LogP contribution in [0.25, 0.3) is 5.52 Å². The standard InChI is InChI=1S/C18H17BrN4O2/c1-21-17-10-15(25-2)6-3-12(17)7-8-23(21)18(24)16-9-14-5-4-13(19)11-22(14)20-16/h3-6,9-11H,7-8H2,1-2H3. The van der Waals surface area contributed by atoms with Crippen molar-refractivity contribution >= 4 is 33.0 Å². The van der Waals surface area contributed by atoms with Gasteiger partial charge in [-0.15, -0.1) is 0 Å². The summed E-state index contributed by atoms with van der Waals surface area (Å²) in [6.07, 6.45) is 2.64. The lowest BCUT2D eigenvalue weighted by molar-refractivity contribution is 0.0732. The lowest BCUT2D eigenvalue weighted by atomic mass is 10.1. The maximum absolute atomic E-state index is 13.0. The highest BCUT2D eigenvalue weighted by Crippen LogP contribution is 2.31. The molecule has 1 aromatic carbocycles. The molecule has 0 radical (unpaired) electrons. The number of aromatic nitrogens is 2. The topological polar surface area (TPSA) is 50.1 Å². The maximum atomic E-state index is 13.0. The summed E-state index contributed by atoms with van der Waals surface area (Å²) in [5, 5.41) is 8.02.